The normalized spacial score (nSPS) is 12.5. The highest BCUT2D eigenvalue weighted by Crippen LogP contribution is 2.32. The van der Waals surface area contributed by atoms with Gasteiger partial charge in [0.15, 0.2) is 5.75 Å². The van der Waals surface area contributed by atoms with Gasteiger partial charge in [-0.15, -0.1) is 0 Å². The number of aromatic nitrogens is 2. The fourth-order valence-corrected chi connectivity index (χ4v) is 2.59. The molecule has 0 saturated carbocycles. The highest BCUT2D eigenvalue weighted by molar-refractivity contribution is 9.10. The van der Waals surface area contributed by atoms with Crippen molar-refractivity contribution in [3.63, 3.8) is 0 Å². The minimum absolute atomic E-state index is 0.255. The van der Waals surface area contributed by atoms with Gasteiger partial charge in [-0.2, -0.15) is 5.10 Å². The lowest BCUT2D eigenvalue weighted by atomic mass is 9.99. The number of methoxy groups -OCH3 is 1. The zero-order valence-corrected chi connectivity index (χ0v) is 12.9. The van der Waals surface area contributed by atoms with Gasteiger partial charge in [0.1, 0.15) is 5.69 Å². The first-order chi connectivity index (χ1) is 9.10. The zero-order valence-electron chi connectivity index (χ0n) is 11.4. The van der Waals surface area contributed by atoms with Crippen molar-refractivity contribution in [2.45, 2.75) is 26.4 Å². The van der Waals surface area contributed by atoms with Crippen LogP contribution in [0.25, 0.3) is 0 Å². The Morgan fingerprint density at radius 1 is 1.47 bits per heavy atom. The van der Waals surface area contributed by atoms with Crippen molar-refractivity contribution >= 4 is 15.9 Å². The highest BCUT2D eigenvalue weighted by atomic mass is 79.9. The van der Waals surface area contributed by atoms with Crippen molar-refractivity contribution < 1.29 is 4.74 Å². The van der Waals surface area contributed by atoms with E-state index in [1.165, 1.54) is 0 Å². The molecule has 1 aromatic heterocycles. The van der Waals surface area contributed by atoms with Gasteiger partial charge in [-0.25, -0.2) is 0 Å². The number of aryl methyl sites for hydroxylation is 1. The number of benzene rings is 1. The lowest BCUT2D eigenvalue weighted by Crippen LogP contribution is -2.19. The maximum absolute atomic E-state index is 6.42. The van der Waals surface area contributed by atoms with E-state index in [9.17, 15) is 0 Å². The molecule has 102 valence electrons. The van der Waals surface area contributed by atoms with Crippen LogP contribution in [0.1, 0.15) is 29.8 Å². The van der Waals surface area contributed by atoms with Gasteiger partial charge in [-0.05, 0) is 31.0 Å². The van der Waals surface area contributed by atoms with Crippen molar-refractivity contribution in [3.05, 3.63) is 45.7 Å². The summed E-state index contributed by atoms with van der Waals surface area (Å²) in [5.74, 6) is 0.730. The molecule has 19 heavy (non-hydrogen) atoms. The van der Waals surface area contributed by atoms with Crippen LogP contribution in [0.2, 0.25) is 0 Å². The van der Waals surface area contributed by atoms with Gasteiger partial charge < -0.3 is 10.5 Å². The first kappa shape index (κ1) is 14.1. The molecule has 0 amide bonds. The third-order valence-electron chi connectivity index (χ3n) is 3.30. The molecule has 1 unspecified atom stereocenters. The number of rotatable bonds is 4. The summed E-state index contributed by atoms with van der Waals surface area (Å²) >= 11 is 3.54. The van der Waals surface area contributed by atoms with E-state index in [0.717, 1.165) is 33.6 Å². The van der Waals surface area contributed by atoms with E-state index in [4.69, 9.17) is 10.5 Å². The van der Waals surface area contributed by atoms with Crippen LogP contribution in [0, 0.1) is 6.92 Å². The Kier molecular flexibility index (Phi) is 4.27. The fraction of sp³-hybridized carbons (Fsp3) is 0.357. The summed E-state index contributed by atoms with van der Waals surface area (Å²) in [6.45, 7) is 4.86. The molecule has 0 fully saturated rings. The molecule has 1 aromatic carbocycles. The summed E-state index contributed by atoms with van der Waals surface area (Å²) in [6.07, 6.45) is 1.71. The Morgan fingerprint density at radius 2 is 2.21 bits per heavy atom. The number of hydrogen-bond donors (Lipinski definition) is 1. The first-order valence-electron chi connectivity index (χ1n) is 6.20. The summed E-state index contributed by atoms with van der Waals surface area (Å²) in [5.41, 5.74) is 9.54. The number of halogens is 1. The lowest BCUT2D eigenvalue weighted by Gasteiger charge is -2.18. The van der Waals surface area contributed by atoms with E-state index < -0.39 is 0 Å². The average Bonchev–Trinajstić information content (AvgIpc) is 2.84. The summed E-state index contributed by atoms with van der Waals surface area (Å²) in [4.78, 5) is 0. The topological polar surface area (TPSA) is 53.1 Å². The highest BCUT2D eigenvalue weighted by Gasteiger charge is 2.21. The second-order valence-electron chi connectivity index (χ2n) is 4.35. The van der Waals surface area contributed by atoms with Gasteiger partial charge >= 0.3 is 0 Å². The summed E-state index contributed by atoms with van der Waals surface area (Å²) in [6, 6.07) is 5.79. The Morgan fingerprint density at radius 3 is 2.84 bits per heavy atom. The third-order valence-corrected chi connectivity index (χ3v) is 4.16. The van der Waals surface area contributed by atoms with Crippen LogP contribution < -0.4 is 10.5 Å². The van der Waals surface area contributed by atoms with Gasteiger partial charge in [0.25, 0.3) is 0 Å². The molecule has 0 aliphatic carbocycles. The fourth-order valence-electron chi connectivity index (χ4n) is 2.21. The molecule has 5 heteroatoms. The molecule has 4 nitrogen and oxygen atoms in total. The minimum atomic E-state index is -0.255. The van der Waals surface area contributed by atoms with Crippen LogP contribution >= 0.6 is 15.9 Å². The smallest absolute Gasteiger partial charge is 0.161 e. The molecule has 0 spiro atoms. The van der Waals surface area contributed by atoms with Crippen LogP contribution in [0.5, 0.6) is 5.75 Å². The number of ether oxygens (including phenoxy) is 1. The van der Waals surface area contributed by atoms with E-state index in [0.29, 0.717) is 0 Å². The molecule has 2 aromatic rings. The van der Waals surface area contributed by atoms with Gasteiger partial charge in [-0.3, -0.25) is 4.68 Å². The number of nitrogens with two attached hydrogens (primary N) is 1. The van der Waals surface area contributed by atoms with E-state index in [2.05, 4.69) is 28.0 Å². The predicted molar refractivity (Wildman–Crippen MR) is 79.4 cm³/mol. The van der Waals surface area contributed by atoms with Crippen molar-refractivity contribution in [3.8, 4) is 5.75 Å². The Labute approximate surface area is 121 Å². The summed E-state index contributed by atoms with van der Waals surface area (Å²) in [7, 11) is 1.64. The second-order valence-corrected chi connectivity index (χ2v) is 5.20. The second kappa shape index (κ2) is 5.75. The number of hydrogen-bond acceptors (Lipinski definition) is 3. The van der Waals surface area contributed by atoms with Crippen LogP contribution in [-0.4, -0.2) is 16.9 Å². The van der Waals surface area contributed by atoms with Crippen molar-refractivity contribution in [1.82, 2.24) is 9.78 Å². The summed E-state index contributed by atoms with van der Waals surface area (Å²) in [5, 5.41) is 4.30. The molecule has 0 bridgehead atoms. The molecule has 1 atom stereocenters. The van der Waals surface area contributed by atoms with Crippen molar-refractivity contribution in [2.24, 2.45) is 5.73 Å². The molecule has 0 saturated heterocycles. The average molecular weight is 324 g/mol. The quantitative estimate of drug-likeness (QED) is 0.940. The Hall–Kier alpha value is -1.33. The molecule has 0 aliphatic heterocycles. The molecular formula is C14H18BrN3O. The van der Waals surface area contributed by atoms with Crippen LogP contribution in [-0.2, 0) is 6.54 Å². The lowest BCUT2D eigenvalue weighted by molar-refractivity contribution is 0.404. The molecule has 2 N–H and O–H groups in total. The Balaban J connectivity index is 2.52. The maximum atomic E-state index is 6.42. The zero-order chi connectivity index (χ0) is 14.0. The molecule has 1 heterocycles. The van der Waals surface area contributed by atoms with E-state index >= 15 is 0 Å². The molecule has 0 aliphatic rings. The van der Waals surface area contributed by atoms with Crippen LogP contribution in [0.3, 0.4) is 0 Å². The van der Waals surface area contributed by atoms with Crippen LogP contribution in [0.4, 0.5) is 0 Å². The molecule has 0 radical (unpaired) electrons. The largest absolute Gasteiger partial charge is 0.493 e. The predicted octanol–water partition coefficient (Wildman–Crippen LogP) is 3.03. The monoisotopic (exact) mass is 323 g/mol. The van der Waals surface area contributed by atoms with Crippen molar-refractivity contribution in [2.75, 3.05) is 7.11 Å². The van der Waals surface area contributed by atoms with E-state index in [1.807, 2.05) is 29.8 Å². The molecular weight excluding hydrogens is 306 g/mol. The Bertz CT molecular complexity index is 559. The summed E-state index contributed by atoms with van der Waals surface area (Å²) < 4.78 is 8.30. The maximum Gasteiger partial charge on any atom is 0.161 e. The SMILES string of the molecule is CCn1ncc(OC)c1C(N)c1cccc(Br)c1C. The minimum Gasteiger partial charge on any atom is -0.493 e. The van der Waals surface area contributed by atoms with E-state index in [-0.39, 0.29) is 6.04 Å². The van der Waals surface area contributed by atoms with Gasteiger partial charge in [0, 0.05) is 11.0 Å². The first-order valence-corrected chi connectivity index (χ1v) is 6.99. The van der Waals surface area contributed by atoms with Gasteiger partial charge in [0.05, 0.1) is 19.3 Å². The number of nitrogens with zero attached hydrogens (tertiary/aromatic N) is 2. The van der Waals surface area contributed by atoms with Gasteiger partial charge in [0.2, 0.25) is 0 Å². The standard InChI is InChI=1S/C14H18BrN3O/c1-4-18-14(12(19-3)8-17-18)13(16)10-6-5-7-11(15)9(10)2/h5-8,13H,4,16H2,1-3H3. The van der Waals surface area contributed by atoms with E-state index in [1.54, 1.807) is 13.3 Å². The van der Waals surface area contributed by atoms with Crippen molar-refractivity contribution in [1.29, 1.82) is 0 Å². The third kappa shape index (κ3) is 2.53. The van der Waals surface area contributed by atoms with Crippen LogP contribution in [0.15, 0.2) is 28.9 Å². The van der Waals surface area contributed by atoms with Gasteiger partial charge in [-0.1, -0.05) is 28.1 Å². The molecule has 2 rings (SSSR count).